The molecule has 120 valence electrons. The van der Waals surface area contributed by atoms with Crippen LogP contribution in [0.4, 0.5) is 10.1 Å². The van der Waals surface area contributed by atoms with E-state index in [1.54, 1.807) is 0 Å². The number of hydrogen-bond donors (Lipinski definition) is 2. The average Bonchev–Trinajstić information content (AvgIpc) is 2.48. The zero-order valence-electron chi connectivity index (χ0n) is 12.3. The second-order valence-electron chi connectivity index (χ2n) is 5.33. The van der Waals surface area contributed by atoms with Gasteiger partial charge in [0.05, 0.1) is 10.6 Å². The Morgan fingerprint density at radius 2 is 2.14 bits per heavy atom. The molecule has 0 heterocycles. The van der Waals surface area contributed by atoms with Gasteiger partial charge in [-0.15, -0.1) is 0 Å². The van der Waals surface area contributed by atoms with Gasteiger partial charge in [-0.1, -0.05) is 12.2 Å². The highest BCUT2D eigenvalue weighted by Crippen LogP contribution is 2.21. The smallest absolute Gasteiger partial charge is 0.240 e. The maximum atomic E-state index is 13.6. The van der Waals surface area contributed by atoms with Crippen LogP contribution in [0.5, 0.6) is 0 Å². The molecule has 0 bridgehead atoms. The fourth-order valence-corrected chi connectivity index (χ4v) is 3.45. The first-order chi connectivity index (χ1) is 10.4. The number of carbonyl (C=O) groups is 1. The molecule has 1 atom stereocenters. The Balaban J connectivity index is 2.11. The van der Waals surface area contributed by atoms with Crippen molar-refractivity contribution in [3.63, 3.8) is 0 Å². The molecular weight excluding hydrogens is 307 g/mol. The van der Waals surface area contributed by atoms with Gasteiger partial charge in [0.1, 0.15) is 5.82 Å². The van der Waals surface area contributed by atoms with E-state index in [1.807, 2.05) is 0 Å². The molecule has 5 nitrogen and oxygen atoms in total. The lowest BCUT2D eigenvalue weighted by atomic mass is 9.95. The van der Waals surface area contributed by atoms with Gasteiger partial charge in [0.15, 0.2) is 0 Å². The number of allylic oxidation sites excluding steroid dienone is 2. The minimum Gasteiger partial charge on any atom is -0.324 e. The van der Waals surface area contributed by atoms with Crippen LogP contribution in [-0.4, -0.2) is 20.9 Å². The van der Waals surface area contributed by atoms with E-state index < -0.39 is 21.7 Å². The third-order valence-electron chi connectivity index (χ3n) is 3.50. The Hall–Kier alpha value is -1.73. The van der Waals surface area contributed by atoms with Gasteiger partial charge in [-0.05, 0) is 43.4 Å². The Labute approximate surface area is 129 Å². The van der Waals surface area contributed by atoms with E-state index in [0.29, 0.717) is 6.54 Å². The second-order valence-corrected chi connectivity index (χ2v) is 7.09. The summed E-state index contributed by atoms with van der Waals surface area (Å²) in [5.41, 5.74) is -0.143. The van der Waals surface area contributed by atoms with Gasteiger partial charge in [0.25, 0.3) is 0 Å². The molecule has 1 aliphatic carbocycles. The lowest BCUT2D eigenvalue weighted by Crippen LogP contribution is -2.30. The van der Waals surface area contributed by atoms with E-state index in [9.17, 15) is 17.6 Å². The largest absolute Gasteiger partial charge is 0.324 e. The van der Waals surface area contributed by atoms with E-state index in [4.69, 9.17) is 0 Å². The molecule has 7 heteroatoms. The van der Waals surface area contributed by atoms with Crippen LogP contribution in [0.15, 0.2) is 35.2 Å². The SMILES string of the molecule is CC(=O)Nc1cc(S(=O)(=O)NC[C@@H]2CC=CCC2)ccc1F. The van der Waals surface area contributed by atoms with Gasteiger partial charge in [-0.2, -0.15) is 0 Å². The van der Waals surface area contributed by atoms with Crippen molar-refractivity contribution in [3.05, 3.63) is 36.2 Å². The predicted molar refractivity (Wildman–Crippen MR) is 82.4 cm³/mol. The second kappa shape index (κ2) is 7.02. The van der Waals surface area contributed by atoms with Crippen molar-refractivity contribution in [3.8, 4) is 0 Å². The topological polar surface area (TPSA) is 75.3 Å². The number of sulfonamides is 1. The highest BCUT2D eigenvalue weighted by atomic mass is 32.2. The van der Waals surface area contributed by atoms with Gasteiger partial charge in [0, 0.05) is 13.5 Å². The third-order valence-corrected chi connectivity index (χ3v) is 4.92. The number of carbonyl (C=O) groups excluding carboxylic acids is 1. The molecule has 1 amide bonds. The van der Waals surface area contributed by atoms with Crippen molar-refractivity contribution in [2.75, 3.05) is 11.9 Å². The van der Waals surface area contributed by atoms with E-state index in [2.05, 4.69) is 22.2 Å². The van der Waals surface area contributed by atoms with Crippen molar-refractivity contribution in [1.29, 1.82) is 0 Å². The number of halogens is 1. The van der Waals surface area contributed by atoms with E-state index in [1.165, 1.54) is 13.0 Å². The molecule has 0 unspecified atom stereocenters. The first-order valence-corrected chi connectivity index (χ1v) is 8.58. The van der Waals surface area contributed by atoms with Crippen LogP contribution in [0, 0.1) is 11.7 Å². The fraction of sp³-hybridized carbons (Fsp3) is 0.400. The summed E-state index contributed by atoms with van der Waals surface area (Å²) in [5, 5.41) is 2.28. The van der Waals surface area contributed by atoms with Crippen molar-refractivity contribution >= 4 is 21.6 Å². The number of anilines is 1. The summed E-state index contributed by atoms with van der Waals surface area (Å²) >= 11 is 0. The summed E-state index contributed by atoms with van der Waals surface area (Å²) < 4.78 is 40.6. The number of hydrogen-bond acceptors (Lipinski definition) is 3. The van der Waals surface area contributed by atoms with Gasteiger partial charge >= 0.3 is 0 Å². The third kappa shape index (κ3) is 4.38. The zero-order chi connectivity index (χ0) is 16.2. The first-order valence-electron chi connectivity index (χ1n) is 7.10. The molecule has 0 radical (unpaired) electrons. The molecule has 0 aliphatic heterocycles. The van der Waals surface area contributed by atoms with Crippen LogP contribution >= 0.6 is 0 Å². The molecule has 0 saturated heterocycles. The van der Waals surface area contributed by atoms with Gasteiger partial charge < -0.3 is 5.32 Å². The monoisotopic (exact) mass is 326 g/mol. The van der Waals surface area contributed by atoms with Crippen molar-refractivity contribution < 1.29 is 17.6 Å². The normalized spacial score (nSPS) is 18.2. The molecule has 0 aromatic heterocycles. The Bertz CT molecular complexity index is 686. The number of benzene rings is 1. The fourth-order valence-electron chi connectivity index (χ4n) is 2.31. The summed E-state index contributed by atoms with van der Waals surface area (Å²) in [7, 11) is -3.73. The predicted octanol–water partition coefficient (Wildman–Crippen LogP) is 2.42. The van der Waals surface area contributed by atoms with Crippen LogP contribution in [0.25, 0.3) is 0 Å². The summed E-state index contributed by atoms with van der Waals surface area (Å²) in [5.74, 6) is -0.864. The molecule has 1 aromatic rings. The van der Waals surface area contributed by atoms with Crippen LogP contribution in [0.1, 0.15) is 26.2 Å². The van der Waals surface area contributed by atoms with Gasteiger partial charge in [-0.3, -0.25) is 4.79 Å². The zero-order valence-corrected chi connectivity index (χ0v) is 13.1. The van der Waals surface area contributed by atoms with Crippen molar-refractivity contribution in [2.24, 2.45) is 5.92 Å². The summed E-state index contributed by atoms with van der Waals surface area (Å²) in [6, 6.07) is 3.34. The molecule has 22 heavy (non-hydrogen) atoms. The highest BCUT2D eigenvalue weighted by Gasteiger charge is 2.19. The van der Waals surface area contributed by atoms with Gasteiger partial charge in [-0.25, -0.2) is 17.5 Å². The molecule has 0 fully saturated rings. The van der Waals surface area contributed by atoms with Crippen molar-refractivity contribution in [2.45, 2.75) is 31.1 Å². The molecule has 0 spiro atoms. The van der Waals surface area contributed by atoms with Crippen LogP contribution in [0.2, 0.25) is 0 Å². The summed E-state index contributed by atoms with van der Waals surface area (Å²) in [6.07, 6.45) is 6.89. The maximum absolute atomic E-state index is 13.6. The Morgan fingerprint density at radius 1 is 1.36 bits per heavy atom. The lowest BCUT2D eigenvalue weighted by Gasteiger charge is -2.18. The van der Waals surface area contributed by atoms with Gasteiger partial charge in [0.2, 0.25) is 15.9 Å². The minimum absolute atomic E-state index is 0.0657. The molecule has 1 aliphatic rings. The average molecular weight is 326 g/mol. The van der Waals surface area contributed by atoms with Crippen molar-refractivity contribution in [1.82, 2.24) is 4.72 Å². The quantitative estimate of drug-likeness (QED) is 0.816. The molecule has 0 saturated carbocycles. The molecule has 1 aromatic carbocycles. The maximum Gasteiger partial charge on any atom is 0.240 e. The van der Waals surface area contributed by atoms with E-state index in [-0.39, 0.29) is 16.5 Å². The molecule has 2 N–H and O–H groups in total. The standard InChI is InChI=1S/C15H19FN2O3S/c1-11(19)18-15-9-13(7-8-14(15)16)22(20,21)17-10-12-5-3-2-4-6-12/h2-3,7-9,12,17H,4-6,10H2,1H3,(H,18,19)/t12-/m1/s1. The highest BCUT2D eigenvalue weighted by molar-refractivity contribution is 7.89. The summed E-state index contributed by atoms with van der Waals surface area (Å²) in [6.45, 7) is 1.58. The number of amides is 1. The van der Waals surface area contributed by atoms with E-state index in [0.717, 1.165) is 31.4 Å². The van der Waals surface area contributed by atoms with Crippen LogP contribution in [0.3, 0.4) is 0 Å². The Morgan fingerprint density at radius 3 is 2.77 bits per heavy atom. The Kier molecular flexibility index (Phi) is 5.31. The molecule has 2 rings (SSSR count). The van der Waals surface area contributed by atoms with E-state index >= 15 is 0 Å². The molecular formula is C15H19FN2O3S. The number of nitrogens with one attached hydrogen (secondary N) is 2. The van der Waals surface area contributed by atoms with Crippen LogP contribution in [-0.2, 0) is 14.8 Å². The first kappa shape index (κ1) is 16.6. The van der Waals surface area contributed by atoms with Crippen LogP contribution < -0.4 is 10.0 Å². The summed E-state index contributed by atoms with van der Waals surface area (Å²) in [4.78, 5) is 10.9. The lowest BCUT2D eigenvalue weighted by molar-refractivity contribution is -0.114. The minimum atomic E-state index is -3.73. The number of rotatable bonds is 5.